The zero-order valence-electron chi connectivity index (χ0n) is 23.1. The predicted molar refractivity (Wildman–Crippen MR) is 155 cm³/mol. The average molecular weight is 543 g/mol. The number of hydrogen-bond acceptors (Lipinski definition) is 6. The fourth-order valence-corrected chi connectivity index (χ4v) is 5.49. The lowest BCUT2D eigenvalue weighted by Crippen LogP contribution is -2.63. The van der Waals surface area contributed by atoms with Crippen molar-refractivity contribution in [1.29, 1.82) is 0 Å². The minimum absolute atomic E-state index is 0.0693. The molecule has 0 saturated carbocycles. The van der Waals surface area contributed by atoms with Crippen LogP contribution in [0.4, 0.5) is 4.79 Å². The van der Waals surface area contributed by atoms with Crippen molar-refractivity contribution in [3.63, 3.8) is 0 Å². The van der Waals surface area contributed by atoms with Crippen LogP contribution in [-0.2, 0) is 11.2 Å². The molecule has 2 atom stereocenters. The monoisotopic (exact) mass is 542 g/mol. The fraction of sp³-hybridized carbons (Fsp3) is 0.375. The highest BCUT2D eigenvalue weighted by Gasteiger charge is 2.35. The van der Waals surface area contributed by atoms with Gasteiger partial charge in [-0.1, -0.05) is 54.6 Å². The van der Waals surface area contributed by atoms with E-state index >= 15 is 0 Å². The number of aryl methyl sites for hydroxylation is 1. The van der Waals surface area contributed by atoms with Crippen molar-refractivity contribution in [2.45, 2.75) is 31.8 Å². The van der Waals surface area contributed by atoms with E-state index in [1.165, 1.54) is 0 Å². The molecule has 3 aromatic rings. The molecular formula is C32H38N4O4. The number of benzene rings is 3. The summed E-state index contributed by atoms with van der Waals surface area (Å²) in [5, 5.41) is 3.48. The van der Waals surface area contributed by atoms with Gasteiger partial charge in [-0.15, -0.1) is 0 Å². The second kappa shape index (κ2) is 13.5. The quantitative estimate of drug-likeness (QED) is 0.455. The Morgan fingerprint density at radius 1 is 0.850 bits per heavy atom. The van der Waals surface area contributed by atoms with Gasteiger partial charge < -0.3 is 24.6 Å². The Labute approximate surface area is 236 Å². The first-order valence-electron chi connectivity index (χ1n) is 14.2. The number of ether oxygens (including phenoxy) is 2. The van der Waals surface area contributed by atoms with Crippen molar-refractivity contribution in [3.8, 4) is 17.2 Å². The summed E-state index contributed by atoms with van der Waals surface area (Å²) in [4.78, 5) is 32.3. The molecule has 210 valence electrons. The molecule has 3 aromatic carbocycles. The zero-order chi connectivity index (χ0) is 27.7. The van der Waals surface area contributed by atoms with Gasteiger partial charge in [0.25, 0.3) is 0 Å². The lowest BCUT2D eigenvalue weighted by atomic mass is 10.0. The minimum Gasteiger partial charge on any atom is -0.457 e. The van der Waals surface area contributed by atoms with Crippen LogP contribution in [-0.4, -0.2) is 84.6 Å². The summed E-state index contributed by atoms with van der Waals surface area (Å²) in [6.45, 7) is 7.13. The van der Waals surface area contributed by atoms with Gasteiger partial charge in [-0.2, -0.15) is 0 Å². The maximum absolute atomic E-state index is 13.5. The Balaban J connectivity index is 1.15. The summed E-state index contributed by atoms with van der Waals surface area (Å²) in [6.07, 6.45) is 0.734. The van der Waals surface area contributed by atoms with Gasteiger partial charge in [0.2, 0.25) is 5.91 Å². The molecule has 2 saturated heterocycles. The van der Waals surface area contributed by atoms with Crippen molar-refractivity contribution < 1.29 is 19.1 Å². The largest absolute Gasteiger partial charge is 0.457 e. The third-order valence-electron chi connectivity index (χ3n) is 7.81. The Hall–Kier alpha value is -3.88. The molecule has 0 aromatic heterocycles. The number of rotatable bonds is 8. The Morgan fingerprint density at radius 2 is 1.50 bits per heavy atom. The fourth-order valence-electron chi connectivity index (χ4n) is 5.49. The minimum atomic E-state index is -0.314. The third kappa shape index (κ3) is 7.00. The molecule has 1 N–H and O–H groups in total. The molecule has 8 heteroatoms. The van der Waals surface area contributed by atoms with Crippen molar-refractivity contribution in [2.24, 2.45) is 0 Å². The standard InChI is InChI=1S/C32H38N4O4/c1-25(34-20-22-35(23-21-34)32(38)40-28-13-6-3-7-14-28)29-24-33-18-19-36(29)31(37)17-16-26-10-8-9-15-30(26)39-27-11-4-2-5-12-27/h2-15,25,29,33H,16-24H2,1H3/t25?,29-/m1/s1. The van der Waals surface area contributed by atoms with Crippen molar-refractivity contribution in [1.82, 2.24) is 20.0 Å². The van der Waals surface area contributed by atoms with E-state index in [0.717, 1.165) is 43.2 Å². The maximum Gasteiger partial charge on any atom is 0.415 e. The van der Waals surface area contributed by atoms with Gasteiger partial charge in [-0.3, -0.25) is 9.69 Å². The van der Waals surface area contributed by atoms with Crippen molar-refractivity contribution in [2.75, 3.05) is 45.8 Å². The van der Waals surface area contributed by atoms with Crippen LogP contribution >= 0.6 is 0 Å². The smallest absolute Gasteiger partial charge is 0.415 e. The molecule has 2 aliphatic rings. The van der Waals surface area contributed by atoms with Gasteiger partial charge >= 0.3 is 6.09 Å². The summed E-state index contributed by atoms with van der Waals surface area (Å²) in [7, 11) is 0. The molecule has 40 heavy (non-hydrogen) atoms. The van der Waals surface area contributed by atoms with Crippen LogP contribution in [0.25, 0.3) is 0 Å². The number of nitrogens with zero attached hydrogens (tertiary/aromatic N) is 3. The number of piperazine rings is 2. The van der Waals surface area contributed by atoms with Gasteiger partial charge in [0, 0.05) is 58.3 Å². The Bertz CT molecular complexity index is 1250. The van der Waals surface area contributed by atoms with Crippen LogP contribution in [0.1, 0.15) is 18.9 Å². The summed E-state index contributed by atoms with van der Waals surface area (Å²) >= 11 is 0. The molecule has 1 unspecified atom stereocenters. The van der Waals surface area contributed by atoms with E-state index in [4.69, 9.17) is 9.47 Å². The van der Waals surface area contributed by atoms with Crippen LogP contribution < -0.4 is 14.8 Å². The van der Waals surface area contributed by atoms with Gasteiger partial charge in [0.15, 0.2) is 0 Å². The number of carbonyl (C=O) groups excluding carboxylic acids is 2. The number of carbonyl (C=O) groups is 2. The summed E-state index contributed by atoms with van der Waals surface area (Å²) in [5.41, 5.74) is 1.03. The van der Waals surface area contributed by atoms with Crippen LogP contribution in [0.2, 0.25) is 0 Å². The number of hydrogen-bond donors (Lipinski definition) is 1. The molecule has 5 rings (SSSR count). The van der Waals surface area contributed by atoms with Crippen molar-refractivity contribution >= 4 is 12.0 Å². The topological polar surface area (TPSA) is 74.4 Å². The third-order valence-corrected chi connectivity index (χ3v) is 7.81. The lowest BCUT2D eigenvalue weighted by molar-refractivity contribution is -0.136. The molecule has 0 aliphatic carbocycles. The Kier molecular flexibility index (Phi) is 9.31. The summed E-state index contributed by atoms with van der Waals surface area (Å²) in [6, 6.07) is 27.1. The van der Waals surface area contributed by atoms with Gasteiger partial charge in [0.1, 0.15) is 17.2 Å². The number of para-hydroxylation sites is 3. The molecule has 0 spiro atoms. The van der Waals surface area contributed by atoms with E-state index < -0.39 is 0 Å². The number of amides is 2. The average Bonchev–Trinajstić information content (AvgIpc) is 3.01. The first-order chi connectivity index (χ1) is 19.6. The zero-order valence-corrected chi connectivity index (χ0v) is 23.1. The molecule has 0 radical (unpaired) electrons. The highest BCUT2D eigenvalue weighted by molar-refractivity contribution is 5.77. The van der Waals surface area contributed by atoms with E-state index in [2.05, 4.69) is 22.0 Å². The first kappa shape index (κ1) is 27.7. The van der Waals surface area contributed by atoms with Crippen molar-refractivity contribution in [3.05, 3.63) is 90.5 Å². The highest BCUT2D eigenvalue weighted by atomic mass is 16.6. The summed E-state index contributed by atoms with van der Waals surface area (Å²) in [5.74, 6) is 2.29. The Morgan fingerprint density at radius 3 is 2.23 bits per heavy atom. The molecule has 2 heterocycles. The SMILES string of the molecule is CC([C@H]1CNCCN1C(=O)CCc1ccccc1Oc1ccccc1)N1CCN(C(=O)Oc2ccccc2)CC1. The first-order valence-corrected chi connectivity index (χ1v) is 14.2. The van der Waals surface area contributed by atoms with Crippen LogP contribution in [0.3, 0.4) is 0 Å². The molecule has 2 fully saturated rings. The molecule has 0 bridgehead atoms. The number of nitrogens with one attached hydrogen (secondary N) is 1. The highest BCUT2D eigenvalue weighted by Crippen LogP contribution is 2.26. The van der Waals surface area contributed by atoms with E-state index in [1.54, 1.807) is 17.0 Å². The van der Waals surface area contributed by atoms with E-state index in [1.807, 2.05) is 72.8 Å². The van der Waals surface area contributed by atoms with Gasteiger partial charge in [-0.05, 0) is 49.2 Å². The van der Waals surface area contributed by atoms with Gasteiger partial charge in [-0.25, -0.2) is 4.79 Å². The lowest BCUT2D eigenvalue weighted by Gasteiger charge is -2.46. The van der Waals surface area contributed by atoms with E-state index in [0.29, 0.717) is 38.2 Å². The maximum atomic E-state index is 13.5. The van der Waals surface area contributed by atoms with Gasteiger partial charge in [0.05, 0.1) is 6.04 Å². The molecule has 8 nitrogen and oxygen atoms in total. The van der Waals surface area contributed by atoms with Crippen LogP contribution in [0, 0.1) is 0 Å². The second-order valence-electron chi connectivity index (χ2n) is 10.3. The van der Waals surface area contributed by atoms with E-state index in [9.17, 15) is 9.59 Å². The predicted octanol–water partition coefficient (Wildman–Crippen LogP) is 4.42. The van der Waals surface area contributed by atoms with Crippen LogP contribution in [0.15, 0.2) is 84.9 Å². The van der Waals surface area contributed by atoms with Crippen LogP contribution in [0.5, 0.6) is 17.2 Å². The molecule has 2 aliphatic heterocycles. The van der Waals surface area contributed by atoms with E-state index in [-0.39, 0.29) is 24.1 Å². The molecule has 2 amide bonds. The normalized spacial score (nSPS) is 18.7. The summed E-state index contributed by atoms with van der Waals surface area (Å²) < 4.78 is 11.6. The second-order valence-corrected chi connectivity index (χ2v) is 10.3. The molecular weight excluding hydrogens is 504 g/mol.